The Hall–Kier alpha value is -1.10. The van der Waals surface area contributed by atoms with Crippen LogP contribution < -0.4 is 0 Å². The van der Waals surface area contributed by atoms with E-state index >= 15 is 0 Å². The Morgan fingerprint density at radius 1 is 1.19 bits per heavy atom. The van der Waals surface area contributed by atoms with Crippen LogP contribution in [0, 0.1) is 0 Å². The predicted octanol–water partition coefficient (Wildman–Crippen LogP) is 2.58. The number of rotatable bonds is 4. The second-order valence-corrected chi connectivity index (χ2v) is 6.56. The number of hydrogen-bond acceptors (Lipinski definition) is 3. The van der Waals surface area contributed by atoms with Crippen molar-refractivity contribution >= 4 is 11.9 Å². The first-order chi connectivity index (χ1) is 9.95. The first-order valence-electron chi connectivity index (χ1n) is 8.15. The maximum atomic E-state index is 12.6. The van der Waals surface area contributed by atoms with Gasteiger partial charge in [-0.1, -0.05) is 25.7 Å². The minimum absolute atomic E-state index is 0.144. The number of hydrogen-bond donors (Lipinski definition) is 1. The Labute approximate surface area is 126 Å². The van der Waals surface area contributed by atoms with E-state index in [1.807, 2.05) is 0 Å². The largest absolute Gasteiger partial charge is 0.480 e. The van der Waals surface area contributed by atoms with Crippen molar-refractivity contribution in [3.05, 3.63) is 0 Å². The molecule has 1 saturated carbocycles. The fourth-order valence-electron chi connectivity index (χ4n) is 3.48. The van der Waals surface area contributed by atoms with Crippen LogP contribution in [-0.2, 0) is 14.3 Å². The van der Waals surface area contributed by atoms with E-state index in [4.69, 9.17) is 4.74 Å². The highest BCUT2D eigenvalue weighted by molar-refractivity contribution is 5.89. The van der Waals surface area contributed by atoms with E-state index < -0.39 is 17.6 Å². The average Bonchev–Trinajstić information content (AvgIpc) is 2.67. The standard InChI is InChI=1S/C16H27NO4/c1-12(21-13-8-5-3-4-6-9-13)14(18)17-11-7-10-16(17,2)15(19)20/h12-13H,3-11H2,1-2H3,(H,19,20). The van der Waals surface area contributed by atoms with Crippen molar-refractivity contribution in [3.63, 3.8) is 0 Å². The van der Waals surface area contributed by atoms with Gasteiger partial charge in [-0.25, -0.2) is 4.79 Å². The van der Waals surface area contributed by atoms with E-state index in [2.05, 4.69) is 0 Å². The number of amides is 1. The van der Waals surface area contributed by atoms with Gasteiger partial charge >= 0.3 is 5.97 Å². The maximum Gasteiger partial charge on any atom is 0.329 e. The molecule has 0 aromatic carbocycles. The van der Waals surface area contributed by atoms with Gasteiger partial charge in [0.15, 0.2) is 0 Å². The molecular weight excluding hydrogens is 270 g/mol. The Kier molecular flexibility index (Phi) is 5.25. The molecule has 2 atom stereocenters. The molecule has 0 aromatic heterocycles. The molecule has 1 aliphatic carbocycles. The van der Waals surface area contributed by atoms with Crippen LogP contribution in [0.2, 0.25) is 0 Å². The van der Waals surface area contributed by atoms with Crippen molar-refractivity contribution in [1.29, 1.82) is 0 Å². The Balaban J connectivity index is 1.96. The van der Waals surface area contributed by atoms with Gasteiger partial charge in [-0.2, -0.15) is 0 Å². The van der Waals surface area contributed by atoms with E-state index in [1.54, 1.807) is 13.8 Å². The van der Waals surface area contributed by atoms with Crippen molar-refractivity contribution < 1.29 is 19.4 Å². The molecule has 120 valence electrons. The average molecular weight is 297 g/mol. The van der Waals surface area contributed by atoms with E-state index in [0.717, 1.165) is 32.1 Å². The molecule has 1 heterocycles. The van der Waals surface area contributed by atoms with Crippen molar-refractivity contribution in [1.82, 2.24) is 4.90 Å². The summed E-state index contributed by atoms with van der Waals surface area (Å²) in [6, 6.07) is 0. The van der Waals surface area contributed by atoms with Crippen LogP contribution in [0.15, 0.2) is 0 Å². The lowest BCUT2D eigenvalue weighted by Gasteiger charge is -2.34. The minimum atomic E-state index is -1.07. The number of likely N-dealkylation sites (tertiary alicyclic amines) is 1. The lowest BCUT2D eigenvalue weighted by Crippen LogP contribution is -2.54. The van der Waals surface area contributed by atoms with Crippen LogP contribution in [0.4, 0.5) is 0 Å². The monoisotopic (exact) mass is 297 g/mol. The SMILES string of the molecule is CC(OC1CCCCCC1)C(=O)N1CCCC1(C)C(=O)O. The summed E-state index contributed by atoms with van der Waals surface area (Å²) in [5, 5.41) is 9.40. The van der Waals surface area contributed by atoms with Crippen LogP contribution in [0.5, 0.6) is 0 Å². The highest BCUT2D eigenvalue weighted by atomic mass is 16.5. The van der Waals surface area contributed by atoms with Gasteiger partial charge in [0.2, 0.25) is 0 Å². The van der Waals surface area contributed by atoms with Crippen LogP contribution in [-0.4, -0.2) is 46.2 Å². The fraction of sp³-hybridized carbons (Fsp3) is 0.875. The second kappa shape index (κ2) is 6.77. The molecule has 0 spiro atoms. The van der Waals surface area contributed by atoms with Gasteiger partial charge in [-0.15, -0.1) is 0 Å². The van der Waals surface area contributed by atoms with Crippen molar-refractivity contribution in [2.45, 2.75) is 83.0 Å². The second-order valence-electron chi connectivity index (χ2n) is 6.56. The van der Waals surface area contributed by atoms with E-state index in [0.29, 0.717) is 13.0 Å². The zero-order chi connectivity index (χ0) is 15.5. The van der Waals surface area contributed by atoms with Gasteiger partial charge in [-0.3, -0.25) is 4.79 Å². The number of nitrogens with zero attached hydrogens (tertiary/aromatic N) is 1. The molecule has 5 heteroatoms. The molecular formula is C16H27NO4. The summed E-state index contributed by atoms with van der Waals surface area (Å²) in [5.74, 6) is -1.10. The molecule has 5 nitrogen and oxygen atoms in total. The van der Waals surface area contributed by atoms with Crippen LogP contribution in [0.3, 0.4) is 0 Å². The number of aliphatic carboxylic acids is 1. The Morgan fingerprint density at radius 3 is 2.38 bits per heavy atom. The fourth-order valence-corrected chi connectivity index (χ4v) is 3.48. The topological polar surface area (TPSA) is 66.8 Å². The number of carboxylic acids is 1. The van der Waals surface area contributed by atoms with Crippen molar-refractivity contribution in [2.75, 3.05) is 6.54 Å². The molecule has 0 bridgehead atoms. The third-order valence-corrected chi connectivity index (χ3v) is 4.91. The molecule has 2 aliphatic rings. The van der Waals surface area contributed by atoms with E-state index in [-0.39, 0.29) is 12.0 Å². The third kappa shape index (κ3) is 3.57. The van der Waals surface area contributed by atoms with Gasteiger partial charge in [-0.05, 0) is 39.5 Å². The number of carbonyl (C=O) groups excluding carboxylic acids is 1. The van der Waals surface area contributed by atoms with Crippen LogP contribution in [0.1, 0.15) is 65.2 Å². The van der Waals surface area contributed by atoms with Gasteiger partial charge in [0.25, 0.3) is 5.91 Å². The molecule has 1 N–H and O–H groups in total. The lowest BCUT2D eigenvalue weighted by atomic mass is 9.99. The number of ether oxygens (including phenoxy) is 1. The lowest BCUT2D eigenvalue weighted by molar-refractivity contribution is -0.162. The molecule has 0 aromatic rings. The third-order valence-electron chi connectivity index (χ3n) is 4.91. The van der Waals surface area contributed by atoms with Gasteiger partial charge in [0, 0.05) is 6.54 Å². The highest BCUT2D eigenvalue weighted by Crippen LogP contribution is 2.30. The quantitative estimate of drug-likeness (QED) is 0.810. The summed E-state index contributed by atoms with van der Waals surface area (Å²) < 4.78 is 5.93. The summed E-state index contributed by atoms with van der Waals surface area (Å²) in [4.78, 5) is 25.5. The van der Waals surface area contributed by atoms with Crippen molar-refractivity contribution in [3.8, 4) is 0 Å². The summed E-state index contributed by atoms with van der Waals surface area (Å²) in [6.45, 7) is 3.91. The molecule has 2 fully saturated rings. The Bertz CT molecular complexity index is 390. The molecule has 21 heavy (non-hydrogen) atoms. The molecule has 1 amide bonds. The van der Waals surface area contributed by atoms with Gasteiger partial charge in [0.05, 0.1) is 6.10 Å². The smallest absolute Gasteiger partial charge is 0.329 e. The molecule has 1 saturated heterocycles. The summed E-state index contributed by atoms with van der Waals surface area (Å²) in [7, 11) is 0. The van der Waals surface area contributed by atoms with Crippen molar-refractivity contribution in [2.24, 2.45) is 0 Å². The Morgan fingerprint density at radius 2 is 1.81 bits per heavy atom. The number of carboxylic acid groups (broad SMARTS) is 1. The normalized spacial score (nSPS) is 29.1. The zero-order valence-corrected chi connectivity index (χ0v) is 13.1. The molecule has 2 unspecified atom stereocenters. The first kappa shape index (κ1) is 16.3. The first-order valence-corrected chi connectivity index (χ1v) is 8.15. The predicted molar refractivity (Wildman–Crippen MR) is 79.0 cm³/mol. The molecule has 1 aliphatic heterocycles. The van der Waals surface area contributed by atoms with Crippen LogP contribution in [0.25, 0.3) is 0 Å². The number of carbonyl (C=O) groups is 2. The highest BCUT2D eigenvalue weighted by Gasteiger charge is 2.47. The molecule has 2 rings (SSSR count). The summed E-state index contributed by atoms with van der Waals surface area (Å²) in [6.07, 6.45) is 7.66. The van der Waals surface area contributed by atoms with Gasteiger partial charge < -0.3 is 14.7 Å². The van der Waals surface area contributed by atoms with E-state index in [9.17, 15) is 14.7 Å². The van der Waals surface area contributed by atoms with Crippen LogP contribution >= 0.6 is 0 Å². The molecule has 0 radical (unpaired) electrons. The van der Waals surface area contributed by atoms with Gasteiger partial charge in [0.1, 0.15) is 11.6 Å². The zero-order valence-electron chi connectivity index (χ0n) is 13.1. The summed E-state index contributed by atoms with van der Waals surface area (Å²) in [5.41, 5.74) is -1.07. The van der Waals surface area contributed by atoms with E-state index in [1.165, 1.54) is 17.7 Å². The maximum absolute atomic E-state index is 12.6. The minimum Gasteiger partial charge on any atom is -0.480 e. The summed E-state index contributed by atoms with van der Waals surface area (Å²) >= 11 is 0.